The lowest BCUT2D eigenvalue weighted by Crippen LogP contribution is -2.39. The molecule has 0 unspecified atom stereocenters. The summed E-state index contributed by atoms with van der Waals surface area (Å²) in [6, 6.07) is 17.9. The molecule has 1 saturated heterocycles. The number of amidine groups is 1. The summed E-state index contributed by atoms with van der Waals surface area (Å²) in [5, 5.41) is 19.3. The van der Waals surface area contributed by atoms with Gasteiger partial charge in [-0.05, 0) is 30.2 Å². The fraction of sp³-hybridized carbons (Fsp3) is 0.222. The smallest absolute Gasteiger partial charge is 0.328 e. The highest BCUT2D eigenvalue weighted by atomic mass is 35.5. The predicted molar refractivity (Wildman–Crippen MR) is 191 cm³/mol. The van der Waals surface area contributed by atoms with E-state index in [0.717, 1.165) is 17.5 Å². The Morgan fingerprint density at radius 2 is 1.74 bits per heavy atom. The van der Waals surface area contributed by atoms with Crippen LogP contribution >= 0.6 is 23.2 Å². The fourth-order valence-electron chi connectivity index (χ4n) is 6.19. The van der Waals surface area contributed by atoms with Crippen molar-refractivity contribution in [2.24, 2.45) is 4.99 Å². The number of carbonyl (C=O) groups is 2. The standard InChI is InChI=1S/C36H31Cl2N7O5/c1-50-34-20(15-39-16-21-9-11-30(46)42-21)8-10-27(44-34)25-7-3-6-24(32(25)38)23-5-2-4-22(31(23)37)19-12-13-45-29(14-19)40-17-26(35(45)47)33-41-18-28(43-33)36(48)49/h2-8,10,12-14,17,21,28,39H,9,11,15-16,18H2,1H3,(H,41,43)(H,42,46)(H,48,49)/t21-,28-/m1/s1. The van der Waals surface area contributed by atoms with E-state index in [1.54, 1.807) is 25.4 Å². The van der Waals surface area contributed by atoms with Gasteiger partial charge in [-0.1, -0.05) is 65.7 Å². The van der Waals surface area contributed by atoms with Crippen LogP contribution in [0.3, 0.4) is 0 Å². The molecule has 2 atom stereocenters. The molecular formula is C36H31Cl2N7O5. The second kappa shape index (κ2) is 13.9. The Labute approximate surface area is 296 Å². The molecule has 254 valence electrons. The highest BCUT2D eigenvalue weighted by Gasteiger charge is 2.27. The van der Waals surface area contributed by atoms with E-state index >= 15 is 0 Å². The van der Waals surface area contributed by atoms with E-state index in [2.05, 4.69) is 25.9 Å². The number of hydrogen-bond acceptors (Lipinski definition) is 9. The molecule has 1 amide bonds. The second-order valence-corrected chi connectivity index (χ2v) is 12.7. The number of pyridine rings is 2. The van der Waals surface area contributed by atoms with Crippen molar-refractivity contribution < 1.29 is 19.4 Å². The first-order valence-corrected chi connectivity index (χ1v) is 16.6. The third kappa shape index (κ3) is 6.40. The maximum absolute atomic E-state index is 13.3. The van der Waals surface area contributed by atoms with Gasteiger partial charge in [0.1, 0.15) is 23.1 Å². The molecule has 2 aliphatic rings. The zero-order valence-corrected chi connectivity index (χ0v) is 28.3. The molecule has 7 rings (SSSR count). The van der Waals surface area contributed by atoms with Crippen LogP contribution in [0.25, 0.3) is 39.2 Å². The number of amides is 1. The Hall–Kier alpha value is -5.30. The van der Waals surface area contributed by atoms with Gasteiger partial charge in [-0.2, -0.15) is 0 Å². The second-order valence-electron chi connectivity index (χ2n) is 12.0. The molecule has 5 heterocycles. The SMILES string of the molecule is COc1nc(-c2cccc(-c3cccc(-c4ccn5c(=O)c(C6=NC[C@H](C(=O)O)N6)cnc5c4)c3Cl)c2Cl)ccc1CNC[C@H]1CCC(=O)N1. The van der Waals surface area contributed by atoms with E-state index in [9.17, 15) is 19.5 Å². The molecule has 50 heavy (non-hydrogen) atoms. The number of nitrogens with zero attached hydrogens (tertiary/aromatic N) is 4. The summed E-state index contributed by atoms with van der Waals surface area (Å²) >= 11 is 14.1. The molecule has 1 fully saturated rings. The summed E-state index contributed by atoms with van der Waals surface area (Å²) in [7, 11) is 1.58. The van der Waals surface area contributed by atoms with Gasteiger partial charge in [-0.25, -0.2) is 14.8 Å². The minimum atomic E-state index is -1.04. The van der Waals surface area contributed by atoms with E-state index < -0.39 is 12.0 Å². The van der Waals surface area contributed by atoms with Crippen molar-refractivity contribution in [3.63, 3.8) is 0 Å². The molecule has 5 aromatic rings. The van der Waals surface area contributed by atoms with Crippen LogP contribution in [0.15, 0.2) is 82.8 Å². The van der Waals surface area contributed by atoms with Crippen molar-refractivity contribution in [3.05, 3.63) is 105 Å². The molecule has 2 aliphatic heterocycles. The number of carboxylic acids is 1. The minimum absolute atomic E-state index is 0.0340. The number of halogens is 2. The first-order valence-electron chi connectivity index (χ1n) is 15.9. The Balaban J connectivity index is 1.15. The van der Waals surface area contributed by atoms with Crippen molar-refractivity contribution in [1.29, 1.82) is 0 Å². The van der Waals surface area contributed by atoms with Gasteiger partial charge < -0.3 is 25.8 Å². The lowest BCUT2D eigenvalue weighted by Gasteiger charge is -2.16. The van der Waals surface area contributed by atoms with Gasteiger partial charge in [0.15, 0.2) is 0 Å². The van der Waals surface area contributed by atoms with Gasteiger partial charge in [0.2, 0.25) is 11.8 Å². The number of methoxy groups -OCH3 is 1. The van der Waals surface area contributed by atoms with Crippen molar-refractivity contribution in [2.45, 2.75) is 31.5 Å². The molecule has 2 aromatic carbocycles. The molecule has 3 aromatic heterocycles. The summed E-state index contributed by atoms with van der Waals surface area (Å²) in [6.45, 7) is 1.22. The number of aromatic nitrogens is 3. The van der Waals surface area contributed by atoms with Gasteiger partial charge in [-0.15, -0.1) is 0 Å². The van der Waals surface area contributed by atoms with Crippen molar-refractivity contribution in [3.8, 4) is 39.4 Å². The number of fused-ring (bicyclic) bond motifs is 1. The topological polar surface area (TPSA) is 159 Å². The first kappa shape index (κ1) is 33.2. The number of carbonyl (C=O) groups excluding carboxylic acids is 1. The highest BCUT2D eigenvalue weighted by molar-refractivity contribution is 6.39. The third-order valence-corrected chi connectivity index (χ3v) is 9.62. The first-order chi connectivity index (χ1) is 24.2. The molecule has 0 bridgehead atoms. The van der Waals surface area contributed by atoms with Gasteiger partial charge >= 0.3 is 5.97 Å². The number of hydrogen-bond donors (Lipinski definition) is 4. The van der Waals surface area contributed by atoms with Gasteiger partial charge in [0, 0.05) is 65.8 Å². The lowest BCUT2D eigenvalue weighted by atomic mass is 9.97. The Bertz CT molecular complexity index is 2260. The number of aliphatic carboxylic acids is 1. The average Bonchev–Trinajstić information content (AvgIpc) is 3.78. The quantitative estimate of drug-likeness (QED) is 0.163. The molecule has 4 N–H and O–H groups in total. The summed E-state index contributed by atoms with van der Waals surface area (Å²) in [5.41, 5.74) is 5.28. The average molecular weight is 713 g/mol. The number of rotatable bonds is 10. The van der Waals surface area contributed by atoms with Gasteiger partial charge in [-0.3, -0.25) is 19.0 Å². The maximum Gasteiger partial charge on any atom is 0.328 e. The molecule has 0 spiro atoms. The summed E-state index contributed by atoms with van der Waals surface area (Å²) in [6.07, 6.45) is 4.37. The van der Waals surface area contributed by atoms with E-state index in [1.807, 2.05) is 48.5 Å². The van der Waals surface area contributed by atoms with Crippen LogP contribution in [0.2, 0.25) is 10.0 Å². The van der Waals surface area contributed by atoms with Crippen molar-refractivity contribution >= 4 is 46.6 Å². The van der Waals surface area contributed by atoms with E-state index in [-0.39, 0.29) is 35.5 Å². The van der Waals surface area contributed by atoms with Gasteiger partial charge in [0.25, 0.3) is 5.56 Å². The molecule has 0 aliphatic carbocycles. The van der Waals surface area contributed by atoms with E-state index in [0.29, 0.717) is 69.0 Å². The number of carboxylic acid groups (broad SMARTS) is 1. The summed E-state index contributed by atoms with van der Waals surface area (Å²) in [4.78, 5) is 49.5. The molecule has 0 saturated carbocycles. The summed E-state index contributed by atoms with van der Waals surface area (Å²) in [5.74, 6) is -0.283. The van der Waals surface area contributed by atoms with Crippen molar-refractivity contribution in [1.82, 2.24) is 30.3 Å². The molecule has 0 radical (unpaired) electrons. The minimum Gasteiger partial charge on any atom is -0.481 e. The Morgan fingerprint density at radius 1 is 1.00 bits per heavy atom. The van der Waals surface area contributed by atoms with Crippen LogP contribution in [0, 0.1) is 0 Å². The lowest BCUT2D eigenvalue weighted by molar-refractivity contribution is -0.138. The number of nitrogens with one attached hydrogen (secondary N) is 3. The predicted octanol–water partition coefficient (Wildman–Crippen LogP) is 4.58. The molecule has 12 nitrogen and oxygen atoms in total. The highest BCUT2D eigenvalue weighted by Crippen LogP contribution is 2.42. The van der Waals surface area contributed by atoms with Crippen LogP contribution in [0.4, 0.5) is 0 Å². The van der Waals surface area contributed by atoms with E-state index in [1.165, 1.54) is 10.6 Å². The number of aliphatic imine (C=N–C) groups is 1. The third-order valence-electron chi connectivity index (χ3n) is 8.80. The van der Waals surface area contributed by atoms with E-state index in [4.69, 9.17) is 32.9 Å². The zero-order valence-electron chi connectivity index (χ0n) is 26.7. The van der Waals surface area contributed by atoms with Crippen LogP contribution < -0.4 is 26.2 Å². The van der Waals surface area contributed by atoms with Gasteiger partial charge in [0.05, 0.1) is 29.4 Å². The Kier molecular flexibility index (Phi) is 9.23. The van der Waals surface area contributed by atoms with Crippen LogP contribution in [-0.2, 0) is 16.1 Å². The normalized spacial score (nSPS) is 17.0. The molecular weight excluding hydrogens is 681 g/mol. The zero-order chi connectivity index (χ0) is 34.9. The van der Waals surface area contributed by atoms with Crippen LogP contribution in [0.1, 0.15) is 24.0 Å². The fourth-order valence-corrected chi connectivity index (χ4v) is 6.85. The van der Waals surface area contributed by atoms with Crippen LogP contribution in [-0.4, -0.2) is 69.5 Å². The van der Waals surface area contributed by atoms with Crippen LogP contribution in [0.5, 0.6) is 5.88 Å². The largest absolute Gasteiger partial charge is 0.481 e. The Morgan fingerprint density at radius 3 is 2.44 bits per heavy atom. The maximum atomic E-state index is 13.3. The number of ether oxygens (including phenoxy) is 1. The number of benzene rings is 2. The monoisotopic (exact) mass is 711 g/mol. The summed E-state index contributed by atoms with van der Waals surface area (Å²) < 4.78 is 7.01. The van der Waals surface area contributed by atoms with Crippen molar-refractivity contribution in [2.75, 3.05) is 20.2 Å². The molecule has 14 heteroatoms.